The first-order valence-electron chi connectivity index (χ1n) is 8.53. The first-order chi connectivity index (χ1) is 12.1. The third kappa shape index (κ3) is 2.56. The monoisotopic (exact) mass is 339 g/mol. The van der Waals surface area contributed by atoms with Gasteiger partial charge in [-0.15, -0.1) is 0 Å². The van der Waals surface area contributed by atoms with Gasteiger partial charge in [-0.1, -0.05) is 0 Å². The molecule has 2 aromatic heterocycles. The van der Waals surface area contributed by atoms with Crippen molar-refractivity contribution in [1.82, 2.24) is 19.3 Å². The highest BCUT2D eigenvalue weighted by Gasteiger charge is 2.30. The molecular formula is C18H21N5O2. The Bertz CT molecular complexity index is 929. The van der Waals surface area contributed by atoms with Crippen molar-refractivity contribution in [3.63, 3.8) is 0 Å². The molecule has 3 aromatic rings. The van der Waals surface area contributed by atoms with Crippen LogP contribution in [0.25, 0.3) is 11.0 Å². The van der Waals surface area contributed by atoms with Gasteiger partial charge in [0.25, 0.3) is 0 Å². The smallest absolute Gasteiger partial charge is 0.412 e. The van der Waals surface area contributed by atoms with Crippen molar-refractivity contribution in [1.29, 1.82) is 0 Å². The van der Waals surface area contributed by atoms with Crippen molar-refractivity contribution < 1.29 is 9.90 Å². The van der Waals surface area contributed by atoms with E-state index in [9.17, 15) is 9.90 Å². The normalized spacial score (nSPS) is 17.0. The van der Waals surface area contributed by atoms with Crippen LogP contribution in [-0.4, -0.2) is 36.6 Å². The maximum atomic E-state index is 11.7. The van der Waals surface area contributed by atoms with Crippen LogP contribution in [0.2, 0.25) is 0 Å². The van der Waals surface area contributed by atoms with Gasteiger partial charge in [-0.05, 0) is 38.0 Å². The summed E-state index contributed by atoms with van der Waals surface area (Å²) in [4.78, 5) is 18.0. The topological polar surface area (TPSA) is 76.2 Å². The summed E-state index contributed by atoms with van der Waals surface area (Å²) in [5, 5.41) is 13.8. The van der Waals surface area contributed by atoms with Crippen molar-refractivity contribution in [3.8, 4) is 0 Å². The first-order valence-corrected chi connectivity index (χ1v) is 8.53. The number of hydrogen-bond acceptors (Lipinski definition) is 3. The van der Waals surface area contributed by atoms with Crippen LogP contribution in [0.3, 0.4) is 0 Å². The van der Waals surface area contributed by atoms with Gasteiger partial charge in [0.2, 0.25) is 0 Å². The summed E-state index contributed by atoms with van der Waals surface area (Å²) in [5.74, 6) is 0.986. The molecule has 0 spiro atoms. The molecule has 1 aromatic carbocycles. The van der Waals surface area contributed by atoms with Crippen molar-refractivity contribution in [3.05, 3.63) is 42.0 Å². The second-order valence-electron chi connectivity index (χ2n) is 6.58. The van der Waals surface area contributed by atoms with E-state index in [4.69, 9.17) is 4.98 Å². The van der Waals surface area contributed by atoms with Crippen LogP contribution in [0, 0.1) is 0 Å². The van der Waals surface area contributed by atoms with Gasteiger partial charge in [-0.2, -0.15) is 5.10 Å². The fourth-order valence-electron chi connectivity index (χ4n) is 3.71. The largest absolute Gasteiger partial charge is 0.465 e. The predicted octanol–water partition coefficient (Wildman–Crippen LogP) is 2.83. The summed E-state index contributed by atoms with van der Waals surface area (Å²) in [6.45, 7) is 2.72. The van der Waals surface area contributed by atoms with E-state index in [1.54, 1.807) is 6.20 Å². The molecular weight excluding hydrogens is 318 g/mol. The van der Waals surface area contributed by atoms with E-state index in [1.165, 1.54) is 4.90 Å². The Morgan fingerprint density at radius 2 is 2.24 bits per heavy atom. The molecule has 0 saturated carbocycles. The van der Waals surface area contributed by atoms with Gasteiger partial charge in [0, 0.05) is 44.0 Å². The molecule has 7 heteroatoms. The molecule has 0 fully saturated rings. The molecule has 0 bridgehead atoms. The third-order valence-electron chi connectivity index (χ3n) is 5.07. The predicted molar refractivity (Wildman–Crippen MR) is 94.9 cm³/mol. The standard InChI is InChI=1S/C18H21N5O2/c1-12-4-5-13-14(23(12)18(24)25)6-7-15-17(13)20-16(21(15)2)8-11-22-10-3-9-19-22/h3,6-7,9-10,12H,4-5,8,11H2,1-2H3,(H,24,25)/t12-/m0/s1. The Morgan fingerprint density at radius 3 is 2.96 bits per heavy atom. The van der Waals surface area contributed by atoms with Crippen LogP contribution in [0.5, 0.6) is 0 Å². The quantitative estimate of drug-likeness (QED) is 0.796. The van der Waals surface area contributed by atoms with Gasteiger partial charge in [0.1, 0.15) is 5.82 Å². The molecule has 25 heavy (non-hydrogen) atoms. The number of amides is 1. The minimum absolute atomic E-state index is 0.00884. The second kappa shape index (κ2) is 5.91. The Balaban J connectivity index is 1.75. The molecule has 0 radical (unpaired) electrons. The molecule has 130 valence electrons. The Morgan fingerprint density at radius 1 is 1.40 bits per heavy atom. The zero-order valence-corrected chi connectivity index (χ0v) is 14.4. The zero-order valence-electron chi connectivity index (χ0n) is 14.4. The molecule has 1 amide bonds. The van der Waals surface area contributed by atoms with E-state index >= 15 is 0 Å². The first kappa shape index (κ1) is 15.7. The fraction of sp³-hybridized carbons (Fsp3) is 0.389. The van der Waals surface area contributed by atoms with Gasteiger partial charge in [0.15, 0.2) is 0 Å². The van der Waals surface area contributed by atoms with Gasteiger partial charge >= 0.3 is 6.09 Å². The van der Waals surface area contributed by atoms with E-state index in [0.29, 0.717) is 0 Å². The van der Waals surface area contributed by atoms with E-state index in [0.717, 1.165) is 53.9 Å². The number of hydrogen-bond donors (Lipinski definition) is 1. The lowest BCUT2D eigenvalue weighted by Crippen LogP contribution is -2.41. The molecule has 7 nitrogen and oxygen atoms in total. The van der Waals surface area contributed by atoms with Gasteiger partial charge in [0.05, 0.1) is 16.7 Å². The second-order valence-corrected chi connectivity index (χ2v) is 6.58. The van der Waals surface area contributed by atoms with Gasteiger partial charge in [-0.3, -0.25) is 9.58 Å². The molecule has 0 aliphatic carbocycles. The number of nitrogens with zero attached hydrogens (tertiary/aromatic N) is 5. The van der Waals surface area contributed by atoms with Crippen molar-refractivity contribution in [2.45, 2.75) is 38.8 Å². The number of anilines is 1. The SMILES string of the molecule is C[C@H]1CCc2c(ccc3c2nc(CCn2cccn2)n3C)N1C(=O)O. The van der Waals surface area contributed by atoms with Crippen LogP contribution in [0.15, 0.2) is 30.6 Å². The number of carbonyl (C=O) groups is 1. The highest BCUT2D eigenvalue weighted by molar-refractivity contribution is 5.94. The summed E-state index contributed by atoms with van der Waals surface area (Å²) in [7, 11) is 2.01. The van der Waals surface area contributed by atoms with Gasteiger partial charge in [-0.25, -0.2) is 9.78 Å². The fourth-order valence-corrected chi connectivity index (χ4v) is 3.71. The Labute approximate surface area is 145 Å². The van der Waals surface area contributed by atoms with E-state index < -0.39 is 6.09 Å². The van der Waals surface area contributed by atoms with E-state index in [2.05, 4.69) is 9.67 Å². The summed E-state index contributed by atoms with van der Waals surface area (Å²) in [6, 6.07) is 5.80. The van der Waals surface area contributed by atoms with Crippen LogP contribution in [-0.2, 0) is 26.4 Å². The number of imidazole rings is 1. The number of aryl methyl sites for hydroxylation is 4. The molecule has 1 aliphatic heterocycles. The number of carboxylic acid groups (broad SMARTS) is 1. The van der Waals surface area contributed by atoms with Crippen molar-refractivity contribution in [2.24, 2.45) is 7.05 Å². The molecule has 1 N–H and O–H groups in total. The minimum atomic E-state index is -0.900. The molecule has 0 saturated heterocycles. The highest BCUT2D eigenvalue weighted by atomic mass is 16.4. The van der Waals surface area contributed by atoms with E-state index in [-0.39, 0.29) is 6.04 Å². The number of aromatic nitrogens is 4. The van der Waals surface area contributed by atoms with E-state index in [1.807, 2.05) is 43.0 Å². The Kier molecular flexibility index (Phi) is 3.71. The number of fused-ring (bicyclic) bond motifs is 3. The van der Waals surface area contributed by atoms with Crippen molar-refractivity contribution in [2.75, 3.05) is 4.90 Å². The summed E-state index contributed by atoms with van der Waals surface area (Å²) < 4.78 is 3.99. The average Bonchev–Trinajstić information content (AvgIpc) is 3.20. The zero-order chi connectivity index (χ0) is 17.6. The highest BCUT2D eigenvalue weighted by Crippen LogP contribution is 2.35. The minimum Gasteiger partial charge on any atom is -0.465 e. The lowest BCUT2D eigenvalue weighted by Gasteiger charge is -2.33. The maximum absolute atomic E-state index is 11.7. The van der Waals surface area contributed by atoms with Gasteiger partial charge < -0.3 is 9.67 Å². The summed E-state index contributed by atoms with van der Waals surface area (Å²) in [6.07, 6.45) is 5.26. The molecule has 1 atom stereocenters. The molecule has 1 aliphatic rings. The third-order valence-corrected chi connectivity index (χ3v) is 5.07. The molecule has 3 heterocycles. The van der Waals surface area contributed by atoms with Crippen LogP contribution in [0.1, 0.15) is 24.7 Å². The van der Waals surface area contributed by atoms with Crippen LogP contribution >= 0.6 is 0 Å². The van der Waals surface area contributed by atoms with Crippen LogP contribution in [0.4, 0.5) is 10.5 Å². The number of benzene rings is 1. The average molecular weight is 339 g/mol. The van der Waals surface area contributed by atoms with Crippen LogP contribution < -0.4 is 4.90 Å². The molecule has 4 rings (SSSR count). The lowest BCUT2D eigenvalue weighted by molar-refractivity contribution is 0.198. The molecule has 0 unspecified atom stereocenters. The lowest BCUT2D eigenvalue weighted by atomic mass is 9.96. The maximum Gasteiger partial charge on any atom is 0.412 e. The van der Waals surface area contributed by atoms with Crippen molar-refractivity contribution >= 4 is 22.8 Å². The Hall–Kier alpha value is -2.83. The summed E-state index contributed by atoms with van der Waals surface area (Å²) in [5.41, 5.74) is 3.79. The summed E-state index contributed by atoms with van der Waals surface area (Å²) >= 11 is 0. The number of rotatable bonds is 3.